The average molecular weight is 876 g/mol. The molecule has 7 rings (SSSR count). The van der Waals surface area contributed by atoms with Crippen LogP contribution in [0.5, 0.6) is 0 Å². The van der Waals surface area contributed by atoms with Crippen LogP contribution in [0, 0.1) is 0 Å². The molecule has 5 aromatic carbocycles. The van der Waals surface area contributed by atoms with Crippen LogP contribution in [0.1, 0.15) is 38.8 Å². The van der Waals surface area contributed by atoms with E-state index in [-0.39, 0.29) is 53.9 Å². The third-order valence-electron chi connectivity index (χ3n) is 9.73. The van der Waals surface area contributed by atoms with Gasteiger partial charge in [-0.05, 0) is 112 Å². The smallest absolute Gasteiger partial charge is 0.344 e. The topological polar surface area (TPSA) is 134 Å². The fourth-order valence-corrected chi connectivity index (χ4v) is 9.07. The first-order chi connectivity index (χ1) is 30.5. The van der Waals surface area contributed by atoms with Crippen molar-refractivity contribution in [1.82, 2.24) is 9.13 Å². The van der Waals surface area contributed by atoms with E-state index in [2.05, 4.69) is 4.90 Å². The molecule has 0 aliphatic rings. The van der Waals surface area contributed by atoms with Gasteiger partial charge in [-0.2, -0.15) is 0 Å². The number of ether oxygens (including phenoxy) is 2. The molecule has 0 aliphatic carbocycles. The summed E-state index contributed by atoms with van der Waals surface area (Å²) in [5, 5.41) is 0.542. The maximum atomic E-state index is 13.7. The summed E-state index contributed by atoms with van der Waals surface area (Å²) >= 11 is 1.62. The number of para-hydroxylation sites is 3. The van der Waals surface area contributed by atoms with Crippen molar-refractivity contribution in [3.05, 3.63) is 190 Å². The minimum absolute atomic E-state index is 0.0695. The second-order valence-electron chi connectivity index (χ2n) is 13.9. The molecule has 2 aromatic heterocycles. The van der Waals surface area contributed by atoms with E-state index in [0.29, 0.717) is 22.5 Å². The molecule has 0 atom stereocenters. The van der Waals surface area contributed by atoms with Crippen LogP contribution >= 0.6 is 22.7 Å². The molecule has 0 unspecified atom stereocenters. The van der Waals surface area contributed by atoms with Gasteiger partial charge in [0.2, 0.25) is 0 Å². The maximum Gasteiger partial charge on any atom is 0.344 e. The Balaban J connectivity index is 1.33. The zero-order valence-electron chi connectivity index (χ0n) is 34.8. The quantitative estimate of drug-likeness (QED) is 0.104. The Morgan fingerprint density at radius 3 is 1.17 bits per heavy atom. The summed E-state index contributed by atoms with van der Waals surface area (Å²) in [6, 6.07) is 43.2. The first kappa shape index (κ1) is 43.6. The van der Waals surface area contributed by atoms with Crippen molar-refractivity contribution < 1.29 is 28.7 Å². The third kappa shape index (κ3) is 9.39. The highest BCUT2D eigenvalue weighted by atomic mass is 32.1. The van der Waals surface area contributed by atoms with Gasteiger partial charge in [0, 0.05) is 28.4 Å². The normalized spacial score (nSPS) is 12.7. The Labute approximate surface area is 369 Å². The summed E-state index contributed by atoms with van der Waals surface area (Å²) in [5.41, 5.74) is 4.71. The van der Waals surface area contributed by atoms with Crippen molar-refractivity contribution in [2.45, 2.75) is 27.7 Å². The Morgan fingerprint density at radius 2 is 0.841 bits per heavy atom. The van der Waals surface area contributed by atoms with E-state index in [4.69, 9.17) is 9.47 Å². The number of esters is 2. The molecule has 63 heavy (non-hydrogen) atoms. The standard InChI is InChI=1S/C50H41N3O8S2/c1-5-60-47(56)43(32(3)54)45-52(37-18-12-8-13-19-37)41(49(58)62-45)30-34-22-26-39(27-23-34)51(36-16-10-7-11-17-36)40-28-24-35(25-29-40)31-42-50(59)63-46(44(33(4)55)48(57)61-6-2)53(42)38-20-14-9-15-21-38/h7-31H,5-6H2,1-4H3. The molecular formula is C50H41N3O8S2. The number of carbonyl (C=O) groups is 4. The molecule has 0 saturated heterocycles. The summed E-state index contributed by atoms with van der Waals surface area (Å²) < 4.78 is 13.4. The van der Waals surface area contributed by atoms with E-state index in [0.717, 1.165) is 39.7 Å². The summed E-state index contributed by atoms with van der Waals surface area (Å²) in [7, 11) is 0. The lowest BCUT2D eigenvalue weighted by Crippen LogP contribution is -2.33. The molecule has 0 fully saturated rings. The number of Topliss-reactive ketones (excluding diaryl/α,β-unsaturated/α-hetero) is 2. The second-order valence-corrected chi connectivity index (χ2v) is 15.9. The predicted octanol–water partition coefficient (Wildman–Crippen LogP) is 5.84. The first-order valence-electron chi connectivity index (χ1n) is 20.0. The van der Waals surface area contributed by atoms with Gasteiger partial charge >= 0.3 is 11.9 Å². The lowest BCUT2D eigenvalue weighted by Gasteiger charge is -2.25. The van der Waals surface area contributed by atoms with Crippen LogP contribution in [-0.4, -0.2) is 45.9 Å². The predicted molar refractivity (Wildman–Crippen MR) is 248 cm³/mol. The molecule has 316 valence electrons. The zero-order chi connectivity index (χ0) is 44.6. The number of hydrogen-bond donors (Lipinski definition) is 0. The number of nitrogens with zero attached hydrogens (tertiary/aromatic N) is 3. The summed E-state index contributed by atoms with van der Waals surface area (Å²) in [6.07, 6.45) is 3.45. The molecule has 11 nitrogen and oxygen atoms in total. The Kier molecular flexibility index (Phi) is 13.5. The van der Waals surface area contributed by atoms with E-state index < -0.39 is 23.5 Å². The molecule has 0 radical (unpaired) electrons. The molecule has 0 aliphatic heterocycles. The van der Waals surface area contributed by atoms with Crippen molar-refractivity contribution in [2.24, 2.45) is 0 Å². The molecular weight excluding hydrogens is 835 g/mol. The van der Waals surface area contributed by atoms with Gasteiger partial charge in [-0.15, -0.1) is 0 Å². The summed E-state index contributed by atoms with van der Waals surface area (Å²) in [4.78, 5) is 81.1. The molecule has 2 heterocycles. The van der Waals surface area contributed by atoms with Crippen LogP contribution in [0.15, 0.2) is 149 Å². The van der Waals surface area contributed by atoms with Gasteiger partial charge in [-0.1, -0.05) is 102 Å². The highest BCUT2D eigenvalue weighted by molar-refractivity contribution is 7.08. The Hall–Kier alpha value is -7.48. The third-order valence-corrected chi connectivity index (χ3v) is 11.7. The van der Waals surface area contributed by atoms with Crippen LogP contribution in [0.4, 0.5) is 17.1 Å². The number of aromatic nitrogens is 2. The van der Waals surface area contributed by atoms with E-state index in [1.165, 1.54) is 13.8 Å². The molecule has 7 aromatic rings. The van der Waals surface area contributed by atoms with Crippen molar-refractivity contribution >= 4 is 86.5 Å². The number of rotatable bonds is 13. The van der Waals surface area contributed by atoms with Gasteiger partial charge in [0.1, 0.15) is 31.2 Å². The monoisotopic (exact) mass is 875 g/mol. The van der Waals surface area contributed by atoms with Crippen LogP contribution in [0.25, 0.3) is 34.7 Å². The largest absolute Gasteiger partial charge is 0.462 e. The van der Waals surface area contributed by atoms with Gasteiger partial charge < -0.3 is 14.4 Å². The number of anilines is 3. The minimum atomic E-state index is -0.793. The SMILES string of the molecule is CCOC(=O)C(C(C)=O)=c1sc(=O)c(=Cc2ccc(N(c3ccccc3)c3ccc(C=c4c(=O)sc(=C(C(C)=O)C(=O)OCC)n4-c4ccccc4)cc3)cc2)n1-c1ccccc1. The lowest BCUT2D eigenvalue weighted by molar-refractivity contribution is -0.138. The molecule has 13 heteroatoms. The summed E-state index contributed by atoms with van der Waals surface area (Å²) in [6.45, 7) is 6.00. The van der Waals surface area contributed by atoms with Crippen molar-refractivity contribution in [3.63, 3.8) is 0 Å². The van der Waals surface area contributed by atoms with Gasteiger partial charge in [-0.25, -0.2) is 9.59 Å². The molecule has 0 N–H and O–H groups in total. The minimum Gasteiger partial charge on any atom is -0.462 e. The Bertz CT molecular complexity index is 3010. The lowest BCUT2D eigenvalue weighted by atomic mass is 10.1. The molecule has 0 spiro atoms. The van der Waals surface area contributed by atoms with E-state index in [1.807, 2.05) is 115 Å². The highest BCUT2D eigenvalue weighted by Gasteiger charge is 2.23. The molecule has 0 amide bonds. The number of benzene rings is 5. The van der Waals surface area contributed by atoms with Gasteiger partial charge in [0.15, 0.2) is 11.6 Å². The fourth-order valence-electron chi connectivity index (χ4n) is 6.96. The second kappa shape index (κ2) is 19.5. The van der Waals surface area contributed by atoms with Crippen LogP contribution in [0.3, 0.4) is 0 Å². The summed E-state index contributed by atoms with van der Waals surface area (Å²) in [5.74, 6) is -2.61. The zero-order valence-corrected chi connectivity index (χ0v) is 36.4. The number of carbonyl (C=O) groups excluding carboxylic acids is 4. The molecule has 0 bridgehead atoms. The van der Waals surface area contributed by atoms with Gasteiger partial charge in [0.25, 0.3) is 9.48 Å². The van der Waals surface area contributed by atoms with E-state index in [1.54, 1.807) is 59.4 Å². The fraction of sp³-hybridized carbons (Fsp3) is 0.120. The van der Waals surface area contributed by atoms with Crippen molar-refractivity contribution in [1.29, 1.82) is 0 Å². The number of hydrogen-bond acceptors (Lipinski definition) is 11. The average Bonchev–Trinajstić information content (AvgIpc) is 3.76. The van der Waals surface area contributed by atoms with E-state index >= 15 is 0 Å². The highest BCUT2D eigenvalue weighted by Crippen LogP contribution is 2.34. The first-order valence-corrected chi connectivity index (χ1v) is 21.6. The number of ketones is 2. The van der Waals surface area contributed by atoms with Crippen molar-refractivity contribution in [3.8, 4) is 11.4 Å². The number of thiazole rings is 2. The van der Waals surface area contributed by atoms with Crippen LogP contribution < -0.4 is 34.4 Å². The van der Waals surface area contributed by atoms with Gasteiger partial charge in [0.05, 0.1) is 13.2 Å². The Morgan fingerprint density at radius 1 is 0.508 bits per heavy atom. The maximum absolute atomic E-state index is 13.7. The van der Waals surface area contributed by atoms with Crippen LogP contribution in [0.2, 0.25) is 0 Å². The van der Waals surface area contributed by atoms with Crippen LogP contribution in [-0.2, 0) is 28.7 Å². The van der Waals surface area contributed by atoms with Crippen molar-refractivity contribution in [2.75, 3.05) is 18.1 Å². The molecule has 0 saturated carbocycles. The van der Waals surface area contributed by atoms with Gasteiger partial charge in [-0.3, -0.25) is 28.3 Å². The van der Waals surface area contributed by atoms with E-state index in [9.17, 15) is 28.8 Å².